The summed E-state index contributed by atoms with van der Waals surface area (Å²) in [5.41, 5.74) is 7.26. The number of nitrogens with two attached hydrogens (primary N) is 2. The third kappa shape index (κ3) is 4.92. The molecule has 0 saturated carbocycles. The van der Waals surface area contributed by atoms with Crippen LogP contribution >= 0.6 is 0 Å². The molecular weight excluding hydrogens is 341 g/mol. The number of allylic oxidation sites excluding steroid dienone is 1. The van der Waals surface area contributed by atoms with Crippen molar-refractivity contribution in [3.8, 4) is 0 Å². The molecule has 1 unspecified atom stereocenters. The predicted molar refractivity (Wildman–Crippen MR) is 99.2 cm³/mol. The van der Waals surface area contributed by atoms with Crippen LogP contribution in [-0.4, -0.2) is 0 Å². The van der Waals surface area contributed by atoms with Crippen LogP contribution in [0.25, 0.3) is 0 Å². The SMILES string of the molecule is CC/C(N)=C/N(N)c1cccc(C(C)Nc2ccccc2C(F)(F)F)c1. The first-order valence-corrected chi connectivity index (χ1v) is 8.25. The van der Waals surface area contributed by atoms with E-state index in [-0.39, 0.29) is 11.7 Å². The van der Waals surface area contributed by atoms with Gasteiger partial charge in [-0.05, 0) is 43.2 Å². The number of halogens is 3. The maximum Gasteiger partial charge on any atom is 0.418 e. The largest absolute Gasteiger partial charge is 0.418 e. The summed E-state index contributed by atoms with van der Waals surface area (Å²) in [6.45, 7) is 3.71. The molecule has 2 aromatic rings. The van der Waals surface area contributed by atoms with E-state index in [2.05, 4.69) is 5.32 Å². The van der Waals surface area contributed by atoms with Gasteiger partial charge in [0.15, 0.2) is 0 Å². The monoisotopic (exact) mass is 364 g/mol. The minimum absolute atomic E-state index is 0.0395. The number of rotatable bonds is 6. The van der Waals surface area contributed by atoms with E-state index in [0.717, 1.165) is 11.6 Å². The van der Waals surface area contributed by atoms with E-state index in [4.69, 9.17) is 11.6 Å². The zero-order valence-electron chi connectivity index (χ0n) is 14.7. The van der Waals surface area contributed by atoms with Gasteiger partial charge < -0.3 is 11.1 Å². The summed E-state index contributed by atoms with van der Waals surface area (Å²) in [6, 6.07) is 12.3. The fraction of sp³-hybridized carbons (Fsp3) is 0.263. The van der Waals surface area contributed by atoms with Gasteiger partial charge in [0.25, 0.3) is 0 Å². The van der Waals surface area contributed by atoms with Crippen molar-refractivity contribution in [1.82, 2.24) is 0 Å². The van der Waals surface area contributed by atoms with Crippen LogP contribution in [0.5, 0.6) is 0 Å². The smallest absolute Gasteiger partial charge is 0.401 e. The number of hydrogen-bond donors (Lipinski definition) is 3. The normalized spacial score (nSPS) is 13.4. The number of alkyl halides is 3. The lowest BCUT2D eigenvalue weighted by Gasteiger charge is -2.21. The molecule has 0 aromatic heterocycles. The van der Waals surface area contributed by atoms with Gasteiger partial charge >= 0.3 is 6.18 Å². The number of nitrogens with one attached hydrogen (secondary N) is 1. The maximum atomic E-state index is 13.1. The molecule has 1 atom stereocenters. The van der Waals surface area contributed by atoms with E-state index in [1.165, 1.54) is 17.1 Å². The highest BCUT2D eigenvalue weighted by Gasteiger charge is 2.33. The highest BCUT2D eigenvalue weighted by Crippen LogP contribution is 2.36. The molecule has 7 heteroatoms. The molecular formula is C19H23F3N4. The van der Waals surface area contributed by atoms with E-state index >= 15 is 0 Å². The highest BCUT2D eigenvalue weighted by molar-refractivity contribution is 5.56. The first-order valence-electron chi connectivity index (χ1n) is 8.25. The molecule has 0 radical (unpaired) electrons. The Hall–Kier alpha value is -2.67. The average molecular weight is 364 g/mol. The Balaban J connectivity index is 2.24. The third-order valence-corrected chi connectivity index (χ3v) is 3.99. The van der Waals surface area contributed by atoms with Crippen LogP contribution < -0.4 is 21.9 Å². The van der Waals surface area contributed by atoms with Crippen LogP contribution in [-0.2, 0) is 6.18 Å². The average Bonchev–Trinajstić information content (AvgIpc) is 2.61. The lowest BCUT2D eigenvalue weighted by molar-refractivity contribution is -0.137. The van der Waals surface area contributed by atoms with Crippen LogP contribution in [0.3, 0.4) is 0 Å². The molecule has 2 rings (SSSR count). The second kappa shape index (κ2) is 8.14. The summed E-state index contributed by atoms with van der Waals surface area (Å²) in [5.74, 6) is 5.98. The lowest BCUT2D eigenvalue weighted by atomic mass is 10.1. The van der Waals surface area contributed by atoms with Crippen molar-refractivity contribution in [2.24, 2.45) is 11.6 Å². The Kier molecular flexibility index (Phi) is 6.15. The predicted octanol–water partition coefficient (Wildman–Crippen LogP) is 4.77. The second-order valence-corrected chi connectivity index (χ2v) is 5.97. The lowest BCUT2D eigenvalue weighted by Crippen LogP contribution is -2.26. The van der Waals surface area contributed by atoms with Crippen molar-refractivity contribution in [3.05, 3.63) is 71.6 Å². The van der Waals surface area contributed by atoms with Gasteiger partial charge in [0.05, 0.1) is 11.3 Å². The summed E-state index contributed by atoms with van der Waals surface area (Å²) >= 11 is 0. The molecule has 0 saturated heterocycles. The molecule has 26 heavy (non-hydrogen) atoms. The van der Waals surface area contributed by atoms with Crippen molar-refractivity contribution in [2.45, 2.75) is 32.5 Å². The Morgan fingerprint density at radius 3 is 2.54 bits per heavy atom. The molecule has 0 aliphatic heterocycles. The quantitative estimate of drug-likeness (QED) is 0.510. The zero-order chi connectivity index (χ0) is 19.3. The maximum absolute atomic E-state index is 13.1. The van der Waals surface area contributed by atoms with Crippen molar-refractivity contribution in [2.75, 3.05) is 10.3 Å². The topological polar surface area (TPSA) is 67.3 Å². The highest BCUT2D eigenvalue weighted by atomic mass is 19.4. The fourth-order valence-corrected chi connectivity index (χ4v) is 2.47. The summed E-state index contributed by atoms with van der Waals surface area (Å²) in [6.07, 6.45) is -2.13. The van der Waals surface area contributed by atoms with E-state index in [0.29, 0.717) is 17.8 Å². The summed E-state index contributed by atoms with van der Waals surface area (Å²) in [7, 11) is 0. The minimum Gasteiger partial charge on any atom is -0.401 e. The number of benzene rings is 2. The molecule has 0 spiro atoms. The Labute approximate surface area is 151 Å². The van der Waals surface area contributed by atoms with E-state index in [1.807, 2.05) is 19.1 Å². The van der Waals surface area contributed by atoms with Gasteiger partial charge in [0.2, 0.25) is 0 Å². The summed E-state index contributed by atoms with van der Waals surface area (Å²) in [5, 5.41) is 4.33. The van der Waals surface area contributed by atoms with E-state index in [9.17, 15) is 13.2 Å². The Morgan fingerprint density at radius 2 is 1.88 bits per heavy atom. The number of anilines is 2. The number of para-hydroxylation sites is 1. The first-order chi connectivity index (χ1) is 12.2. The Bertz CT molecular complexity index is 771. The van der Waals surface area contributed by atoms with Gasteiger partial charge in [-0.3, -0.25) is 5.01 Å². The minimum atomic E-state index is -4.41. The van der Waals surface area contributed by atoms with Gasteiger partial charge in [-0.15, -0.1) is 0 Å². The van der Waals surface area contributed by atoms with Crippen molar-refractivity contribution in [1.29, 1.82) is 0 Å². The molecule has 0 aliphatic rings. The van der Waals surface area contributed by atoms with Gasteiger partial charge in [-0.2, -0.15) is 13.2 Å². The van der Waals surface area contributed by atoms with Crippen LogP contribution in [0, 0.1) is 0 Å². The summed E-state index contributed by atoms with van der Waals surface area (Å²) in [4.78, 5) is 0. The molecule has 2 aromatic carbocycles. The van der Waals surface area contributed by atoms with E-state index in [1.54, 1.807) is 31.3 Å². The van der Waals surface area contributed by atoms with Gasteiger partial charge in [0.1, 0.15) is 0 Å². The molecule has 0 amide bonds. The van der Waals surface area contributed by atoms with Crippen LogP contribution in [0.2, 0.25) is 0 Å². The molecule has 5 N–H and O–H groups in total. The zero-order valence-corrected chi connectivity index (χ0v) is 14.7. The van der Waals surface area contributed by atoms with E-state index < -0.39 is 11.7 Å². The molecule has 140 valence electrons. The molecule has 0 aliphatic carbocycles. The number of hydrazine groups is 1. The van der Waals surface area contributed by atoms with Gasteiger partial charge in [0, 0.05) is 23.6 Å². The standard InChI is InChI=1S/C19H23F3N4/c1-3-15(23)12-26(24)16-8-6-7-14(11-16)13(2)25-18-10-5-4-9-17(18)19(20,21)22/h4-13,25H,3,23-24H2,1-2H3/b15-12-. The van der Waals surface area contributed by atoms with Crippen molar-refractivity contribution < 1.29 is 13.2 Å². The third-order valence-electron chi connectivity index (χ3n) is 3.99. The first kappa shape index (κ1) is 19.7. The molecule has 0 heterocycles. The number of nitrogens with zero attached hydrogens (tertiary/aromatic N) is 1. The Morgan fingerprint density at radius 1 is 1.19 bits per heavy atom. The number of hydrogen-bond acceptors (Lipinski definition) is 4. The molecule has 0 bridgehead atoms. The molecule has 4 nitrogen and oxygen atoms in total. The summed E-state index contributed by atoms with van der Waals surface area (Å²) < 4.78 is 39.4. The van der Waals surface area contributed by atoms with Crippen LogP contribution in [0.4, 0.5) is 24.5 Å². The van der Waals surface area contributed by atoms with Crippen molar-refractivity contribution in [3.63, 3.8) is 0 Å². The van der Waals surface area contributed by atoms with Crippen LogP contribution in [0.1, 0.15) is 37.4 Å². The van der Waals surface area contributed by atoms with Gasteiger partial charge in [-0.25, -0.2) is 5.84 Å². The van der Waals surface area contributed by atoms with Crippen molar-refractivity contribution >= 4 is 11.4 Å². The van der Waals surface area contributed by atoms with Gasteiger partial charge in [-0.1, -0.05) is 31.2 Å². The second-order valence-electron chi connectivity index (χ2n) is 5.97. The molecule has 0 fully saturated rings. The fourth-order valence-electron chi connectivity index (χ4n) is 2.47. The van der Waals surface area contributed by atoms with Crippen LogP contribution in [0.15, 0.2) is 60.4 Å².